The van der Waals surface area contributed by atoms with E-state index < -0.39 is 5.97 Å². The van der Waals surface area contributed by atoms with Crippen LogP contribution in [0.1, 0.15) is 5.69 Å². The fourth-order valence-electron chi connectivity index (χ4n) is 1.50. The van der Waals surface area contributed by atoms with Gasteiger partial charge in [0.05, 0.1) is 17.8 Å². The Morgan fingerprint density at radius 1 is 1.25 bits per heavy atom. The lowest BCUT2D eigenvalue weighted by molar-refractivity contribution is -0.135. The van der Waals surface area contributed by atoms with Crippen LogP contribution in [0.15, 0.2) is 36.4 Å². The lowest BCUT2D eigenvalue weighted by Gasteiger charge is -2.03. The summed E-state index contributed by atoms with van der Waals surface area (Å²) < 4.78 is 0. The quantitative estimate of drug-likeness (QED) is 0.811. The van der Waals surface area contributed by atoms with Gasteiger partial charge in [0, 0.05) is 11.9 Å². The SMILES string of the molecule is O=C(O)CNCc1ccc2ccccc2n1. The van der Waals surface area contributed by atoms with Gasteiger partial charge < -0.3 is 10.4 Å². The second-order valence-electron chi connectivity index (χ2n) is 3.49. The van der Waals surface area contributed by atoms with Crippen molar-refractivity contribution in [1.82, 2.24) is 10.3 Å². The molecule has 1 heterocycles. The van der Waals surface area contributed by atoms with Gasteiger partial charge in [0.1, 0.15) is 0 Å². The molecule has 0 aliphatic rings. The van der Waals surface area contributed by atoms with Gasteiger partial charge in [-0.15, -0.1) is 0 Å². The predicted octanol–water partition coefficient (Wildman–Crippen LogP) is 1.41. The highest BCUT2D eigenvalue weighted by molar-refractivity contribution is 5.78. The number of aliphatic carboxylic acids is 1. The van der Waals surface area contributed by atoms with E-state index in [4.69, 9.17) is 5.11 Å². The molecule has 0 aliphatic heterocycles. The van der Waals surface area contributed by atoms with Crippen molar-refractivity contribution in [1.29, 1.82) is 0 Å². The highest BCUT2D eigenvalue weighted by Gasteiger charge is 1.99. The first-order valence-electron chi connectivity index (χ1n) is 5.03. The molecule has 0 radical (unpaired) electrons. The number of rotatable bonds is 4. The molecule has 4 heteroatoms. The Balaban J connectivity index is 2.10. The summed E-state index contributed by atoms with van der Waals surface area (Å²) in [6, 6.07) is 11.7. The highest BCUT2D eigenvalue weighted by Crippen LogP contribution is 2.11. The minimum atomic E-state index is -0.860. The topological polar surface area (TPSA) is 62.2 Å². The molecule has 1 aromatic carbocycles. The molecule has 0 atom stereocenters. The van der Waals surface area contributed by atoms with Crippen LogP contribution >= 0.6 is 0 Å². The van der Waals surface area contributed by atoms with E-state index in [9.17, 15) is 4.79 Å². The Morgan fingerprint density at radius 3 is 2.88 bits per heavy atom. The fourth-order valence-corrected chi connectivity index (χ4v) is 1.50. The number of nitrogens with one attached hydrogen (secondary N) is 1. The average Bonchev–Trinajstić information content (AvgIpc) is 2.28. The second kappa shape index (κ2) is 4.72. The molecule has 4 nitrogen and oxygen atoms in total. The van der Waals surface area contributed by atoms with Gasteiger partial charge in [-0.05, 0) is 12.1 Å². The van der Waals surface area contributed by atoms with Crippen molar-refractivity contribution in [3.8, 4) is 0 Å². The van der Waals surface area contributed by atoms with Crippen LogP contribution < -0.4 is 5.32 Å². The van der Waals surface area contributed by atoms with Crippen LogP contribution in [0.3, 0.4) is 0 Å². The molecule has 0 fully saturated rings. The maximum atomic E-state index is 10.3. The van der Waals surface area contributed by atoms with Crippen LogP contribution in [0.2, 0.25) is 0 Å². The van der Waals surface area contributed by atoms with Crippen LogP contribution in [-0.4, -0.2) is 22.6 Å². The van der Waals surface area contributed by atoms with E-state index in [0.29, 0.717) is 6.54 Å². The maximum Gasteiger partial charge on any atom is 0.317 e. The summed E-state index contributed by atoms with van der Waals surface area (Å²) in [5.74, 6) is -0.860. The number of hydrogen-bond donors (Lipinski definition) is 2. The largest absolute Gasteiger partial charge is 0.480 e. The summed E-state index contributed by atoms with van der Waals surface area (Å²) in [4.78, 5) is 14.7. The second-order valence-corrected chi connectivity index (χ2v) is 3.49. The molecule has 0 aliphatic carbocycles. The van der Waals surface area contributed by atoms with Gasteiger partial charge in [0.25, 0.3) is 0 Å². The number of benzene rings is 1. The summed E-state index contributed by atoms with van der Waals surface area (Å²) in [5.41, 5.74) is 1.78. The fraction of sp³-hybridized carbons (Fsp3) is 0.167. The van der Waals surface area contributed by atoms with Crippen molar-refractivity contribution in [2.75, 3.05) is 6.54 Å². The number of para-hydroxylation sites is 1. The van der Waals surface area contributed by atoms with Gasteiger partial charge in [-0.2, -0.15) is 0 Å². The van der Waals surface area contributed by atoms with Gasteiger partial charge in [0.2, 0.25) is 0 Å². The number of carboxylic acids is 1. The van der Waals surface area contributed by atoms with E-state index in [1.807, 2.05) is 36.4 Å². The molecule has 0 unspecified atom stereocenters. The van der Waals surface area contributed by atoms with Crippen molar-refractivity contribution in [3.05, 3.63) is 42.1 Å². The third-order valence-corrected chi connectivity index (χ3v) is 2.24. The van der Waals surface area contributed by atoms with Crippen molar-refractivity contribution < 1.29 is 9.90 Å². The summed E-state index contributed by atoms with van der Waals surface area (Å²) in [7, 11) is 0. The van der Waals surface area contributed by atoms with E-state index in [2.05, 4.69) is 10.3 Å². The molecular formula is C12H12N2O2. The number of nitrogens with zero attached hydrogens (tertiary/aromatic N) is 1. The molecule has 1 aromatic heterocycles. The first-order chi connectivity index (χ1) is 7.75. The molecule has 0 amide bonds. The number of fused-ring (bicyclic) bond motifs is 1. The predicted molar refractivity (Wildman–Crippen MR) is 61.1 cm³/mol. The lowest BCUT2D eigenvalue weighted by atomic mass is 10.2. The van der Waals surface area contributed by atoms with Gasteiger partial charge in [-0.1, -0.05) is 24.3 Å². The smallest absolute Gasteiger partial charge is 0.317 e. The van der Waals surface area contributed by atoms with Crippen LogP contribution in [0.5, 0.6) is 0 Å². The van der Waals surface area contributed by atoms with Crippen LogP contribution in [-0.2, 0) is 11.3 Å². The summed E-state index contributed by atoms with van der Waals surface area (Å²) in [6.45, 7) is 0.422. The average molecular weight is 216 g/mol. The lowest BCUT2D eigenvalue weighted by Crippen LogP contribution is -2.22. The molecule has 0 spiro atoms. The molecule has 2 aromatic rings. The molecule has 16 heavy (non-hydrogen) atoms. The number of carbonyl (C=O) groups is 1. The summed E-state index contributed by atoms with van der Waals surface area (Å²) in [6.07, 6.45) is 0. The van der Waals surface area contributed by atoms with Crippen LogP contribution in [0.25, 0.3) is 10.9 Å². The minimum absolute atomic E-state index is 0.0471. The Bertz CT molecular complexity index is 511. The first-order valence-corrected chi connectivity index (χ1v) is 5.03. The zero-order chi connectivity index (χ0) is 11.4. The molecule has 0 bridgehead atoms. The maximum absolute atomic E-state index is 10.3. The molecule has 82 valence electrons. The minimum Gasteiger partial charge on any atom is -0.480 e. The number of carboxylic acid groups (broad SMARTS) is 1. The Labute approximate surface area is 92.9 Å². The Hall–Kier alpha value is -1.94. The molecule has 2 rings (SSSR count). The van der Waals surface area contributed by atoms with Gasteiger partial charge >= 0.3 is 5.97 Å². The van der Waals surface area contributed by atoms with E-state index in [1.54, 1.807) is 0 Å². The number of hydrogen-bond acceptors (Lipinski definition) is 3. The van der Waals surface area contributed by atoms with Gasteiger partial charge in [0.15, 0.2) is 0 Å². The Morgan fingerprint density at radius 2 is 2.06 bits per heavy atom. The number of pyridine rings is 1. The van der Waals surface area contributed by atoms with Crippen molar-refractivity contribution in [3.63, 3.8) is 0 Å². The standard InChI is InChI=1S/C12H12N2O2/c15-12(16)8-13-7-10-6-5-9-3-1-2-4-11(9)14-10/h1-6,13H,7-8H2,(H,15,16). The van der Waals surface area contributed by atoms with Crippen molar-refractivity contribution >= 4 is 16.9 Å². The van der Waals surface area contributed by atoms with Gasteiger partial charge in [-0.3, -0.25) is 9.78 Å². The third-order valence-electron chi connectivity index (χ3n) is 2.24. The zero-order valence-electron chi connectivity index (χ0n) is 8.68. The molecule has 0 saturated heterocycles. The highest BCUT2D eigenvalue weighted by atomic mass is 16.4. The Kier molecular flexibility index (Phi) is 3.12. The molecular weight excluding hydrogens is 204 g/mol. The van der Waals surface area contributed by atoms with E-state index >= 15 is 0 Å². The molecule has 0 saturated carbocycles. The van der Waals surface area contributed by atoms with Crippen LogP contribution in [0, 0.1) is 0 Å². The number of aromatic nitrogens is 1. The first kappa shape index (κ1) is 10.6. The summed E-state index contributed by atoms with van der Waals surface area (Å²) in [5, 5.41) is 12.4. The van der Waals surface area contributed by atoms with E-state index in [0.717, 1.165) is 16.6 Å². The normalized spacial score (nSPS) is 10.5. The van der Waals surface area contributed by atoms with Crippen LogP contribution in [0.4, 0.5) is 0 Å². The summed E-state index contributed by atoms with van der Waals surface area (Å²) >= 11 is 0. The zero-order valence-corrected chi connectivity index (χ0v) is 8.68. The van der Waals surface area contributed by atoms with Crippen molar-refractivity contribution in [2.45, 2.75) is 6.54 Å². The molecule has 2 N–H and O–H groups in total. The monoisotopic (exact) mass is 216 g/mol. The van der Waals surface area contributed by atoms with E-state index in [1.165, 1.54) is 0 Å². The van der Waals surface area contributed by atoms with Crippen molar-refractivity contribution in [2.24, 2.45) is 0 Å². The van der Waals surface area contributed by atoms with E-state index in [-0.39, 0.29) is 6.54 Å². The third kappa shape index (κ3) is 2.55. The van der Waals surface area contributed by atoms with Gasteiger partial charge in [-0.25, -0.2) is 0 Å².